The first-order chi connectivity index (χ1) is 13.1. The lowest BCUT2D eigenvalue weighted by Gasteiger charge is -2.17. The fraction of sp³-hybridized carbons (Fsp3) is 0.158. The van der Waals surface area contributed by atoms with Gasteiger partial charge in [0.05, 0.1) is 11.8 Å². The van der Waals surface area contributed by atoms with Crippen molar-refractivity contribution in [2.24, 2.45) is 0 Å². The molecule has 0 unspecified atom stereocenters. The number of thiophene rings is 1. The van der Waals surface area contributed by atoms with Gasteiger partial charge in [0.2, 0.25) is 5.91 Å². The number of nitrogens with one attached hydrogen (secondary N) is 1. The zero-order valence-corrected chi connectivity index (χ0v) is 15.9. The average molecular weight is 399 g/mol. The highest BCUT2D eigenvalue weighted by molar-refractivity contribution is 7.25. The molecular formula is C19H15ClN4O2S. The Bertz CT molecular complexity index is 1200. The number of amides is 1. The summed E-state index contributed by atoms with van der Waals surface area (Å²) < 4.78 is 1.90. The van der Waals surface area contributed by atoms with Crippen molar-refractivity contribution < 1.29 is 4.79 Å². The molecule has 8 heteroatoms. The Kier molecular flexibility index (Phi) is 4.63. The van der Waals surface area contributed by atoms with Crippen LogP contribution in [0, 0.1) is 0 Å². The number of pyridine rings is 1. The van der Waals surface area contributed by atoms with Crippen molar-refractivity contribution in [2.75, 3.05) is 5.32 Å². The number of fused-ring (bicyclic) bond motifs is 3. The first-order valence-corrected chi connectivity index (χ1v) is 9.58. The van der Waals surface area contributed by atoms with E-state index in [1.54, 1.807) is 30.5 Å². The summed E-state index contributed by atoms with van der Waals surface area (Å²) in [6.45, 7) is 1.86. The molecule has 4 aromatic rings. The Morgan fingerprint density at radius 2 is 2.04 bits per heavy atom. The Balaban J connectivity index is 1.73. The van der Waals surface area contributed by atoms with Crippen LogP contribution in [0.4, 0.5) is 5.69 Å². The molecule has 1 aromatic carbocycles. The normalized spacial score (nSPS) is 12.4. The van der Waals surface area contributed by atoms with Gasteiger partial charge in [0, 0.05) is 22.3 Å². The van der Waals surface area contributed by atoms with E-state index < -0.39 is 6.04 Å². The van der Waals surface area contributed by atoms with Gasteiger partial charge >= 0.3 is 0 Å². The first-order valence-electron chi connectivity index (χ1n) is 8.39. The monoisotopic (exact) mass is 398 g/mol. The molecule has 136 valence electrons. The van der Waals surface area contributed by atoms with Crippen LogP contribution in [0.2, 0.25) is 5.02 Å². The molecule has 0 saturated carbocycles. The molecule has 0 bridgehead atoms. The van der Waals surface area contributed by atoms with Gasteiger partial charge in [-0.25, -0.2) is 9.97 Å². The molecule has 0 radical (unpaired) electrons. The second-order valence-corrected chi connectivity index (χ2v) is 7.45. The molecule has 0 saturated heterocycles. The summed E-state index contributed by atoms with van der Waals surface area (Å²) in [7, 11) is 0. The third kappa shape index (κ3) is 3.20. The molecular weight excluding hydrogens is 384 g/mol. The van der Waals surface area contributed by atoms with E-state index in [4.69, 9.17) is 11.6 Å². The molecule has 0 fully saturated rings. The number of anilines is 1. The lowest BCUT2D eigenvalue weighted by Crippen LogP contribution is -2.33. The molecule has 1 amide bonds. The third-order valence-electron chi connectivity index (χ3n) is 4.32. The summed E-state index contributed by atoms with van der Waals surface area (Å²) in [5.41, 5.74) is 1.01. The van der Waals surface area contributed by atoms with Crippen LogP contribution < -0.4 is 10.9 Å². The van der Waals surface area contributed by atoms with E-state index in [1.165, 1.54) is 22.2 Å². The molecule has 3 heterocycles. The van der Waals surface area contributed by atoms with Crippen LogP contribution in [0.1, 0.15) is 19.4 Å². The number of nitrogens with zero attached hydrogens (tertiary/aromatic N) is 3. The lowest BCUT2D eigenvalue weighted by atomic mass is 10.2. The summed E-state index contributed by atoms with van der Waals surface area (Å²) in [6.07, 6.45) is 3.58. The number of aromatic nitrogens is 3. The van der Waals surface area contributed by atoms with E-state index in [1.807, 2.05) is 19.1 Å². The van der Waals surface area contributed by atoms with Crippen LogP contribution in [0.5, 0.6) is 0 Å². The zero-order valence-electron chi connectivity index (χ0n) is 14.3. The number of halogens is 1. The van der Waals surface area contributed by atoms with Crippen molar-refractivity contribution in [1.82, 2.24) is 14.5 Å². The van der Waals surface area contributed by atoms with Crippen LogP contribution >= 0.6 is 22.9 Å². The molecule has 4 rings (SSSR count). The summed E-state index contributed by atoms with van der Waals surface area (Å²) in [5.74, 6) is -0.276. The number of benzene rings is 1. The van der Waals surface area contributed by atoms with Crippen molar-refractivity contribution in [2.45, 2.75) is 19.4 Å². The molecule has 6 nitrogen and oxygen atoms in total. The predicted octanol–water partition coefficient (Wildman–Crippen LogP) is 4.25. The number of hydrogen-bond donors (Lipinski definition) is 1. The largest absolute Gasteiger partial charge is 0.324 e. The van der Waals surface area contributed by atoms with Crippen molar-refractivity contribution in [3.05, 3.63) is 64.3 Å². The third-order valence-corrected chi connectivity index (χ3v) is 5.66. The molecule has 3 aromatic heterocycles. The summed E-state index contributed by atoms with van der Waals surface area (Å²) in [4.78, 5) is 35.2. The van der Waals surface area contributed by atoms with Crippen LogP contribution in [-0.4, -0.2) is 20.4 Å². The van der Waals surface area contributed by atoms with Gasteiger partial charge in [-0.3, -0.25) is 14.2 Å². The highest BCUT2D eigenvalue weighted by atomic mass is 35.5. The topological polar surface area (TPSA) is 76.9 Å². The zero-order chi connectivity index (χ0) is 19.0. The van der Waals surface area contributed by atoms with Crippen LogP contribution in [0.15, 0.2) is 53.7 Å². The Morgan fingerprint density at radius 3 is 2.78 bits per heavy atom. The molecule has 1 N–H and O–H groups in total. The molecule has 0 aliphatic heterocycles. The molecule has 1 atom stereocenters. The Hall–Kier alpha value is -2.77. The highest BCUT2D eigenvalue weighted by Crippen LogP contribution is 2.28. The standard InChI is InChI=1S/C19H15ClN4O2S/c1-2-14(17(25)23-12-7-5-11(20)6-8-12)24-10-22-15-13-4-3-9-21-18(13)27-16(15)19(24)26/h3-10,14H,2H2,1H3,(H,23,25)/t14-/m0/s1. The molecule has 0 aliphatic rings. The quantitative estimate of drug-likeness (QED) is 0.557. The van der Waals surface area contributed by atoms with E-state index >= 15 is 0 Å². The van der Waals surface area contributed by atoms with Crippen LogP contribution in [-0.2, 0) is 4.79 Å². The lowest BCUT2D eigenvalue weighted by molar-refractivity contribution is -0.119. The van der Waals surface area contributed by atoms with Gasteiger partial charge in [-0.15, -0.1) is 11.3 Å². The van der Waals surface area contributed by atoms with Gasteiger partial charge in [0.1, 0.15) is 15.6 Å². The van der Waals surface area contributed by atoms with Gasteiger partial charge in [0.25, 0.3) is 5.56 Å². The van der Waals surface area contributed by atoms with E-state index in [0.717, 1.165) is 10.2 Å². The van der Waals surface area contributed by atoms with Crippen molar-refractivity contribution in [3.63, 3.8) is 0 Å². The SMILES string of the molecule is CC[C@@H](C(=O)Nc1ccc(Cl)cc1)n1cnc2c(sc3ncccc32)c1=O. The van der Waals surface area contributed by atoms with Gasteiger partial charge in [-0.05, 0) is 42.8 Å². The fourth-order valence-corrected chi connectivity index (χ4v) is 4.13. The fourth-order valence-electron chi connectivity index (χ4n) is 2.97. The molecule has 0 spiro atoms. The maximum Gasteiger partial charge on any atom is 0.272 e. The maximum atomic E-state index is 13.0. The van der Waals surface area contributed by atoms with E-state index in [0.29, 0.717) is 27.3 Å². The summed E-state index contributed by atoms with van der Waals surface area (Å²) >= 11 is 7.17. The summed E-state index contributed by atoms with van der Waals surface area (Å²) in [5, 5.41) is 4.26. The van der Waals surface area contributed by atoms with Crippen molar-refractivity contribution >= 4 is 55.0 Å². The minimum Gasteiger partial charge on any atom is -0.324 e. The van der Waals surface area contributed by atoms with Crippen molar-refractivity contribution in [3.8, 4) is 0 Å². The Labute approximate surface area is 163 Å². The second-order valence-electron chi connectivity index (χ2n) is 6.01. The maximum absolute atomic E-state index is 13.0. The van der Waals surface area contributed by atoms with Crippen LogP contribution in [0.25, 0.3) is 20.4 Å². The number of rotatable bonds is 4. The molecule has 27 heavy (non-hydrogen) atoms. The Morgan fingerprint density at radius 1 is 1.26 bits per heavy atom. The minimum atomic E-state index is -0.664. The number of carbonyl (C=O) groups is 1. The van der Waals surface area contributed by atoms with E-state index in [9.17, 15) is 9.59 Å². The van der Waals surface area contributed by atoms with E-state index in [2.05, 4.69) is 15.3 Å². The van der Waals surface area contributed by atoms with Gasteiger partial charge in [-0.2, -0.15) is 0 Å². The first kappa shape index (κ1) is 17.6. The highest BCUT2D eigenvalue weighted by Gasteiger charge is 2.22. The van der Waals surface area contributed by atoms with Crippen LogP contribution in [0.3, 0.4) is 0 Å². The number of carbonyl (C=O) groups excluding carboxylic acids is 1. The van der Waals surface area contributed by atoms with Gasteiger partial charge in [0.15, 0.2) is 0 Å². The smallest absolute Gasteiger partial charge is 0.272 e. The average Bonchev–Trinajstić information content (AvgIpc) is 3.06. The summed E-state index contributed by atoms with van der Waals surface area (Å²) in [6, 6.07) is 9.87. The predicted molar refractivity (Wildman–Crippen MR) is 109 cm³/mol. The van der Waals surface area contributed by atoms with Crippen molar-refractivity contribution in [1.29, 1.82) is 0 Å². The van der Waals surface area contributed by atoms with E-state index in [-0.39, 0.29) is 11.5 Å². The minimum absolute atomic E-state index is 0.235. The van der Waals surface area contributed by atoms with Gasteiger partial charge in [-0.1, -0.05) is 18.5 Å². The number of hydrogen-bond acceptors (Lipinski definition) is 5. The second kappa shape index (κ2) is 7.09. The molecule has 0 aliphatic carbocycles. The van der Waals surface area contributed by atoms with Gasteiger partial charge < -0.3 is 5.32 Å².